The van der Waals surface area contributed by atoms with Crippen LogP contribution >= 0.6 is 34.2 Å². The van der Waals surface area contributed by atoms with Crippen LogP contribution in [0.2, 0.25) is 5.15 Å². The van der Waals surface area contributed by atoms with Gasteiger partial charge in [-0.25, -0.2) is 9.97 Å². The second-order valence-electron chi connectivity index (χ2n) is 6.11. The molecular weight excluding hydrogens is 435 g/mol. The summed E-state index contributed by atoms with van der Waals surface area (Å²) in [7, 11) is 0. The second kappa shape index (κ2) is 5.50. The van der Waals surface area contributed by atoms with E-state index < -0.39 is 5.79 Å². The molecule has 4 heterocycles. The minimum absolute atomic E-state index is 0.201. The number of nitrogens with zero attached hydrogens (tertiary/aromatic N) is 3. The fourth-order valence-corrected chi connectivity index (χ4v) is 4.46. The monoisotopic (exact) mass is 450 g/mol. The van der Waals surface area contributed by atoms with E-state index in [0.717, 1.165) is 8.96 Å². The summed E-state index contributed by atoms with van der Waals surface area (Å²) in [5.74, 6) is -0.659. The highest BCUT2D eigenvalue weighted by atomic mass is 127. The van der Waals surface area contributed by atoms with E-state index in [1.807, 2.05) is 24.6 Å². The first-order chi connectivity index (χ1) is 10.9. The van der Waals surface area contributed by atoms with Crippen LogP contribution in [-0.4, -0.2) is 45.2 Å². The Morgan fingerprint density at radius 2 is 2.09 bits per heavy atom. The first kappa shape index (κ1) is 16.0. The van der Waals surface area contributed by atoms with Crippen molar-refractivity contribution in [2.45, 2.75) is 44.2 Å². The molecule has 9 heteroatoms. The highest BCUT2D eigenvalue weighted by molar-refractivity contribution is 14.1. The Morgan fingerprint density at radius 1 is 1.35 bits per heavy atom. The van der Waals surface area contributed by atoms with Crippen molar-refractivity contribution in [2.75, 3.05) is 6.54 Å². The number of fused-ring (bicyclic) bond motifs is 2. The van der Waals surface area contributed by atoms with Crippen molar-refractivity contribution >= 4 is 45.2 Å². The zero-order valence-corrected chi connectivity index (χ0v) is 15.5. The van der Waals surface area contributed by atoms with E-state index in [0.29, 0.717) is 17.3 Å². The molecule has 0 saturated carbocycles. The highest BCUT2D eigenvalue weighted by Gasteiger charge is 2.55. The van der Waals surface area contributed by atoms with Gasteiger partial charge in [0.15, 0.2) is 12.0 Å². The van der Waals surface area contributed by atoms with Crippen molar-refractivity contribution in [3.8, 4) is 0 Å². The number of rotatable bonds is 2. The van der Waals surface area contributed by atoms with Crippen LogP contribution in [0.25, 0.3) is 11.0 Å². The van der Waals surface area contributed by atoms with Gasteiger partial charge in [-0.3, -0.25) is 0 Å². The number of hydrogen-bond donors (Lipinski definition) is 1. The van der Waals surface area contributed by atoms with E-state index in [2.05, 4.69) is 32.6 Å². The third-order valence-corrected chi connectivity index (χ3v) is 5.25. The molecule has 0 bridgehead atoms. The number of hydrogen-bond acceptors (Lipinski definition) is 6. The molecule has 0 radical (unpaired) electrons. The summed E-state index contributed by atoms with van der Waals surface area (Å²) in [6, 6.07) is 0. The van der Waals surface area contributed by atoms with Crippen LogP contribution in [0.1, 0.15) is 20.1 Å². The fourth-order valence-electron chi connectivity index (χ4n) is 3.27. The van der Waals surface area contributed by atoms with Gasteiger partial charge in [0.2, 0.25) is 0 Å². The highest BCUT2D eigenvalue weighted by Crippen LogP contribution is 2.44. The van der Waals surface area contributed by atoms with Crippen molar-refractivity contribution in [3.63, 3.8) is 0 Å². The van der Waals surface area contributed by atoms with Gasteiger partial charge in [-0.15, -0.1) is 0 Å². The Hall–Kier alpha value is -0.520. The molecule has 0 unspecified atom stereocenters. The molecule has 23 heavy (non-hydrogen) atoms. The lowest BCUT2D eigenvalue weighted by Crippen LogP contribution is -2.34. The second-order valence-corrected chi connectivity index (χ2v) is 7.63. The van der Waals surface area contributed by atoms with Gasteiger partial charge in [0.1, 0.15) is 35.4 Å². The number of aromatic nitrogens is 3. The molecule has 7 nitrogen and oxygen atoms in total. The van der Waals surface area contributed by atoms with Crippen molar-refractivity contribution in [2.24, 2.45) is 5.73 Å². The van der Waals surface area contributed by atoms with Gasteiger partial charge in [0, 0.05) is 16.3 Å². The summed E-state index contributed by atoms with van der Waals surface area (Å²) in [6.45, 7) is 4.15. The smallest absolute Gasteiger partial charge is 0.164 e. The molecule has 2 aliphatic heterocycles. The number of halogens is 2. The summed E-state index contributed by atoms with van der Waals surface area (Å²) in [6.07, 6.45) is 2.35. The van der Waals surface area contributed by atoms with Gasteiger partial charge in [-0.05, 0) is 36.4 Å². The van der Waals surface area contributed by atoms with Gasteiger partial charge in [-0.2, -0.15) is 0 Å². The van der Waals surface area contributed by atoms with Crippen molar-refractivity contribution < 1.29 is 14.2 Å². The number of ether oxygens (including phenoxy) is 3. The molecule has 0 aliphatic carbocycles. The molecule has 2 fully saturated rings. The van der Waals surface area contributed by atoms with Gasteiger partial charge in [-0.1, -0.05) is 11.6 Å². The molecule has 2 aromatic heterocycles. The van der Waals surface area contributed by atoms with Gasteiger partial charge >= 0.3 is 0 Å². The maximum Gasteiger partial charge on any atom is 0.164 e. The fraction of sp³-hybridized carbons (Fsp3) is 0.571. The molecular formula is C14H16ClIN4O3. The van der Waals surface area contributed by atoms with Crippen LogP contribution in [0.5, 0.6) is 0 Å². The molecule has 0 amide bonds. The van der Waals surface area contributed by atoms with Gasteiger partial charge < -0.3 is 24.5 Å². The Kier molecular flexibility index (Phi) is 3.82. The van der Waals surface area contributed by atoms with Crippen LogP contribution in [0.4, 0.5) is 0 Å². The molecule has 4 atom stereocenters. The van der Waals surface area contributed by atoms with Crippen molar-refractivity contribution in [1.82, 2.24) is 14.5 Å². The van der Waals surface area contributed by atoms with E-state index >= 15 is 0 Å². The zero-order valence-electron chi connectivity index (χ0n) is 12.6. The first-order valence-electron chi connectivity index (χ1n) is 7.29. The third kappa shape index (κ3) is 2.47. The Labute approximate surface area is 151 Å². The lowest BCUT2D eigenvalue weighted by molar-refractivity contribution is -0.195. The topological polar surface area (TPSA) is 84.4 Å². The zero-order chi connectivity index (χ0) is 16.4. The minimum atomic E-state index is -0.659. The average Bonchev–Trinajstić information content (AvgIpc) is 3.08. The Morgan fingerprint density at radius 3 is 2.83 bits per heavy atom. The summed E-state index contributed by atoms with van der Waals surface area (Å²) in [5, 5.41) is 1.23. The maximum atomic E-state index is 6.21. The quantitative estimate of drug-likeness (QED) is 0.557. The summed E-state index contributed by atoms with van der Waals surface area (Å²) in [5.41, 5.74) is 6.55. The average molecular weight is 451 g/mol. The Bertz CT molecular complexity index is 768. The molecule has 0 spiro atoms. The molecule has 2 aromatic rings. The molecule has 4 rings (SSSR count). The lowest BCUT2D eigenvalue weighted by atomic mass is 10.1. The summed E-state index contributed by atoms with van der Waals surface area (Å²) in [4.78, 5) is 8.41. The molecule has 124 valence electrons. The maximum absolute atomic E-state index is 6.21. The summed E-state index contributed by atoms with van der Waals surface area (Å²) >= 11 is 8.42. The summed E-state index contributed by atoms with van der Waals surface area (Å²) < 4.78 is 21.0. The largest absolute Gasteiger partial charge is 0.348 e. The van der Waals surface area contributed by atoms with E-state index in [4.69, 9.17) is 31.5 Å². The molecule has 0 aromatic carbocycles. The molecule has 2 N–H and O–H groups in total. The van der Waals surface area contributed by atoms with E-state index in [1.165, 1.54) is 6.33 Å². The standard InChI is InChI=1S/C14H16ClIN4O3/c1-14(2)22-9-7(3-17)21-13(10(9)23-14)20-4-6(16)8-11(15)18-5-19-12(8)20/h4-5,7,9-10,13H,3,17H2,1-2H3/t7-,9-,10-,13-/m1/s1. The van der Waals surface area contributed by atoms with E-state index in [1.54, 1.807) is 0 Å². The predicted octanol–water partition coefficient (Wildman–Crippen LogP) is 2.07. The minimum Gasteiger partial charge on any atom is -0.348 e. The van der Waals surface area contributed by atoms with Crippen molar-refractivity contribution in [1.29, 1.82) is 0 Å². The van der Waals surface area contributed by atoms with Crippen LogP contribution < -0.4 is 5.73 Å². The number of nitrogens with two attached hydrogens (primary N) is 1. The SMILES string of the molecule is CC1(C)O[C@@H]2[C@H](O1)[C@@H](CN)O[C@H]2n1cc(I)c2c(Cl)ncnc21. The Balaban J connectivity index is 1.81. The molecule has 2 aliphatic rings. The van der Waals surface area contributed by atoms with Crippen LogP contribution in [-0.2, 0) is 14.2 Å². The van der Waals surface area contributed by atoms with Crippen LogP contribution in [0.15, 0.2) is 12.5 Å². The van der Waals surface area contributed by atoms with Gasteiger partial charge in [0.25, 0.3) is 0 Å². The van der Waals surface area contributed by atoms with E-state index in [9.17, 15) is 0 Å². The third-order valence-electron chi connectivity index (χ3n) is 4.15. The van der Waals surface area contributed by atoms with Crippen LogP contribution in [0, 0.1) is 3.57 Å². The normalized spacial score (nSPS) is 32.6. The van der Waals surface area contributed by atoms with E-state index in [-0.39, 0.29) is 24.5 Å². The van der Waals surface area contributed by atoms with Crippen molar-refractivity contribution in [3.05, 3.63) is 21.2 Å². The van der Waals surface area contributed by atoms with Gasteiger partial charge in [0.05, 0.1) is 5.39 Å². The van der Waals surface area contributed by atoms with Crippen LogP contribution in [0.3, 0.4) is 0 Å². The molecule has 2 saturated heterocycles. The first-order valence-corrected chi connectivity index (χ1v) is 8.74. The predicted molar refractivity (Wildman–Crippen MR) is 92.0 cm³/mol. The lowest BCUT2D eigenvalue weighted by Gasteiger charge is -2.24.